The average molecular weight is 574 g/mol. The molecule has 0 aliphatic carbocycles. The number of hydrogen-bond acceptors (Lipinski definition) is 13. The fourth-order valence-corrected chi connectivity index (χ4v) is 4.17. The van der Waals surface area contributed by atoms with Crippen LogP contribution in [0.1, 0.15) is 42.3 Å². The van der Waals surface area contributed by atoms with Gasteiger partial charge in [0.1, 0.15) is 6.61 Å². The van der Waals surface area contributed by atoms with Crippen LogP contribution in [0, 0.1) is 0 Å². The molecule has 0 aromatic heterocycles. The minimum Gasteiger partial charge on any atom is -0.467 e. The molecule has 0 unspecified atom stereocenters. The van der Waals surface area contributed by atoms with E-state index in [0.29, 0.717) is 5.56 Å². The quantitative estimate of drug-likeness (QED) is 0.310. The maximum atomic E-state index is 13.1. The molecule has 1 heterocycles. The van der Waals surface area contributed by atoms with E-state index in [9.17, 15) is 29.1 Å². The van der Waals surface area contributed by atoms with E-state index in [1.165, 1.54) is 18.2 Å². The van der Waals surface area contributed by atoms with Gasteiger partial charge in [-0.25, -0.2) is 9.59 Å². The summed E-state index contributed by atoms with van der Waals surface area (Å²) in [6.45, 7) is 2.83. The Bertz CT molecular complexity index is 1260. The summed E-state index contributed by atoms with van der Waals surface area (Å²) in [6.07, 6.45) is -7.57. The molecule has 0 bridgehead atoms. The molecule has 2 aromatic carbocycles. The minimum atomic E-state index is -1.62. The predicted molar refractivity (Wildman–Crippen MR) is 139 cm³/mol. The van der Waals surface area contributed by atoms with Gasteiger partial charge in [0.25, 0.3) is 0 Å². The van der Waals surface area contributed by atoms with Crippen LogP contribution >= 0.6 is 0 Å². The standard InChI is InChI=1S/C28H31NO12/c1-15(31)38-22-23(39-16(2)32)25(28(35)36-4)41-26(24(22)40-17(3)33)29-21-11-10-19(13-30)12-20(21)27(34)37-14-18-8-6-5-7-9-18/h5-12,22-26,29-30H,13-14H2,1-4H3/t22-,23-,24+,25-,26+/m0/s1. The Morgan fingerprint density at radius 2 is 1.44 bits per heavy atom. The lowest BCUT2D eigenvalue weighted by Gasteiger charge is -2.44. The number of methoxy groups -OCH3 is 1. The molecule has 1 aliphatic rings. The van der Waals surface area contributed by atoms with Crippen LogP contribution in [-0.4, -0.2) is 72.7 Å². The molecular formula is C28H31NO12. The molecular weight excluding hydrogens is 542 g/mol. The zero-order valence-electron chi connectivity index (χ0n) is 22.9. The van der Waals surface area contributed by atoms with Gasteiger partial charge >= 0.3 is 29.8 Å². The van der Waals surface area contributed by atoms with Crippen molar-refractivity contribution in [2.45, 2.75) is 64.6 Å². The fourth-order valence-electron chi connectivity index (χ4n) is 4.17. The van der Waals surface area contributed by atoms with Crippen molar-refractivity contribution < 1.29 is 57.5 Å². The van der Waals surface area contributed by atoms with Crippen LogP contribution in [0.4, 0.5) is 5.69 Å². The number of aliphatic hydroxyl groups is 1. The highest BCUT2D eigenvalue weighted by Gasteiger charge is 2.55. The highest BCUT2D eigenvalue weighted by atomic mass is 16.7. The zero-order chi connectivity index (χ0) is 30.1. The second kappa shape index (κ2) is 14.2. The second-order valence-corrected chi connectivity index (χ2v) is 8.97. The first-order valence-electron chi connectivity index (χ1n) is 12.5. The normalized spacial score (nSPS) is 21.6. The molecule has 0 amide bonds. The van der Waals surface area contributed by atoms with Crippen molar-refractivity contribution in [3.05, 3.63) is 65.2 Å². The number of carbonyl (C=O) groups is 5. The van der Waals surface area contributed by atoms with Crippen molar-refractivity contribution in [2.24, 2.45) is 0 Å². The van der Waals surface area contributed by atoms with Crippen LogP contribution in [0.15, 0.2) is 48.5 Å². The van der Waals surface area contributed by atoms with E-state index >= 15 is 0 Å². The highest BCUT2D eigenvalue weighted by molar-refractivity contribution is 5.96. The van der Waals surface area contributed by atoms with Gasteiger partial charge in [0.2, 0.25) is 0 Å². The molecule has 3 rings (SSSR count). The van der Waals surface area contributed by atoms with Crippen molar-refractivity contribution >= 4 is 35.5 Å². The van der Waals surface area contributed by atoms with E-state index in [1.54, 1.807) is 24.3 Å². The highest BCUT2D eigenvalue weighted by Crippen LogP contribution is 2.32. The monoisotopic (exact) mass is 573 g/mol. The first-order chi connectivity index (χ1) is 19.5. The number of esters is 5. The molecule has 1 fully saturated rings. The Kier molecular flexibility index (Phi) is 10.8. The molecule has 5 atom stereocenters. The first kappa shape index (κ1) is 31.0. The molecule has 1 aliphatic heterocycles. The predicted octanol–water partition coefficient (Wildman–Crippen LogP) is 1.64. The molecule has 1 saturated heterocycles. The van der Waals surface area contributed by atoms with Gasteiger partial charge in [0, 0.05) is 20.8 Å². The van der Waals surface area contributed by atoms with Gasteiger partial charge in [-0.2, -0.15) is 0 Å². The Morgan fingerprint density at radius 3 is 2.02 bits per heavy atom. The Hall–Kier alpha value is -4.49. The summed E-state index contributed by atoms with van der Waals surface area (Å²) in [5.74, 6) is -4.20. The Balaban J connectivity index is 2.02. The Morgan fingerprint density at radius 1 is 0.829 bits per heavy atom. The molecule has 0 saturated carbocycles. The summed E-state index contributed by atoms with van der Waals surface area (Å²) in [4.78, 5) is 61.8. The lowest BCUT2D eigenvalue weighted by atomic mass is 9.96. The molecule has 13 nitrogen and oxygen atoms in total. The SMILES string of the molecule is COC(=O)[C@H]1O[C@@H](Nc2ccc(CO)cc2C(=O)OCc2ccccc2)[C@H](OC(C)=O)[C@@H](OC(C)=O)[C@@H]1OC(C)=O. The summed E-state index contributed by atoms with van der Waals surface area (Å²) in [6, 6.07) is 13.3. The molecule has 13 heteroatoms. The molecule has 0 radical (unpaired) electrons. The molecule has 2 aromatic rings. The van der Waals surface area contributed by atoms with Crippen LogP contribution in [0.5, 0.6) is 0 Å². The minimum absolute atomic E-state index is 0.0154. The number of benzene rings is 2. The van der Waals surface area contributed by atoms with Crippen LogP contribution in [-0.2, 0) is 60.8 Å². The lowest BCUT2D eigenvalue weighted by molar-refractivity contribution is -0.244. The number of hydrogen-bond donors (Lipinski definition) is 2. The van der Waals surface area contributed by atoms with Crippen LogP contribution < -0.4 is 5.32 Å². The average Bonchev–Trinajstić information content (AvgIpc) is 2.94. The maximum Gasteiger partial charge on any atom is 0.340 e. The number of nitrogens with one attached hydrogen (secondary N) is 1. The van der Waals surface area contributed by atoms with Gasteiger partial charge in [0.15, 0.2) is 30.6 Å². The fraction of sp³-hybridized carbons (Fsp3) is 0.393. The smallest absolute Gasteiger partial charge is 0.340 e. The molecule has 220 valence electrons. The van der Waals surface area contributed by atoms with E-state index in [-0.39, 0.29) is 24.5 Å². The zero-order valence-corrected chi connectivity index (χ0v) is 22.9. The number of ether oxygens (including phenoxy) is 6. The number of aliphatic hydroxyl groups excluding tert-OH is 1. The van der Waals surface area contributed by atoms with E-state index in [2.05, 4.69) is 5.32 Å². The van der Waals surface area contributed by atoms with Crippen molar-refractivity contribution in [3.8, 4) is 0 Å². The third-order valence-electron chi connectivity index (χ3n) is 5.87. The Labute approximate surface area is 235 Å². The molecule has 2 N–H and O–H groups in total. The van der Waals surface area contributed by atoms with Crippen molar-refractivity contribution in [2.75, 3.05) is 12.4 Å². The van der Waals surface area contributed by atoms with Gasteiger partial charge in [-0.15, -0.1) is 0 Å². The van der Waals surface area contributed by atoms with Gasteiger partial charge in [-0.05, 0) is 23.3 Å². The van der Waals surface area contributed by atoms with E-state index < -0.39 is 60.5 Å². The van der Waals surface area contributed by atoms with Crippen molar-refractivity contribution in [3.63, 3.8) is 0 Å². The number of carbonyl (C=O) groups excluding carboxylic acids is 5. The van der Waals surface area contributed by atoms with Crippen LogP contribution in [0.25, 0.3) is 0 Å². The van der Waals surface area contributed by atoms with Gasteiger partial charge < -0.3 is 38.8 Å². The van der Waals surface area contributed by atoms with Crippen molar-refractivity contribution in [1.82, 2.24) is 0 Å². The summed E-state index contributed by atoms with van der Waals surface area (Å²) < 4.78 is 32.2. The second-order valence-electron chi connectivity index (χ2n) is 8.97. The summed E-state index contributed by atoms with van der Waals surface area (Å²) in [7, 11) is 1.08. The van der Waals surface area contributed by atoms with E-state index in [4.69, 9.17) is 28.4 Å². The summed E-state index contributed by atoms with van der Waals surface area (Å²) >= 11 is 0. The van der Waals surface area contributed by atoms with Crippen molar-refractivity contribution in [1.29, 1.82) is 0 Å². The summed E-state index contributed by atoms with van der Waals surface area (Å²) in [5.41, 5.74) is 1.22. The molecule has 0 spiro atoms. The van der Waals surface area contributed by atoms with E-state index in [1.807, 2.05) is 6.07 Å². The van der Waals surface area contributed by atoms with Gasteiger partial charge in [-0.1, -0.05) is 36.4 Å². The van der Waals surface area contributed by atoms with E-state index in [0.717, 1.165) is 33.4 Å². The largest absolute Gasteiger partial charge is 0.467 e. The topological polar surface area (TPSA) is 173 Å². The van der Waals surface area contributed by atoms with Gasteiger partial charge in [0.05, 0.1) is 25.0 Å². The molecule has 41 heavy (non-hydrogen) atoms. The summed E-state index contributed by atoms with van der Waals surface area (Å²) in [5, 5.41) is 12.6. The van der Waals surface area contributed by atoms with Crippen LogP contribution in [0.2, 0.25) is 0 Å². The van der Waals surface area contributed by atoms with Gasteiger partial charge in [-0.3, -0.25) is 14.4 Å². The number of rotatable bonds is 10. The third-order valence-corrected chi connectivity index (χ3v) is 5.87. The first-order valence-corrected chi connectivity index (χ1v) is 12.5. The van der Waals surface area contributed by atoms with Crippen LogP contribution in [0.3, 0.4) is 0 Å². The number of anilines is 1. The maximum absolute atomic E-state index is 13.1. The lowest BCUT2D eigenvalue weighted by Crippen LogP contribution is -2.65. The third kappa shape index (κ3) is 8.25.